The maximum Gasteiger partial charge on any atom is 0 e. The maximum absolute atomic E-state index is 0. The van der Waals surface area contributed by atoms with E-state index in [0.29, 0.717) is 0 Å². The first-order valence-corrected chi connectivity index (χ1v) is 0. The molecule has 0 unspecified atom stereocenters. The standard InChI is InChI=1S/Mg.H2S.Se.Zn/h;1H2;;. The first-order chi connectivity index (χ1) is 0. The number of hydrogen-bond donors (Lipinski definition) is 0. The van der Waals surface area contributed by atoms with Crippen LogP contribution in [-0.4, -0.2) is 40.1 Å². The second kappa shape index (κ2) is 18.7. The predicted octanol–water partition coefficient (Wildman–Crippen LogP) is -0.651. The van der Waals surface area contributed by atoms with E-state index in [0.717, 1.165) is 0 Å². The van der Waals surface area contributed by atoms with Gasteiger partial charge in [-0.2, -0.15) is 13.5 Å². The Hall–Kier alpha value is 2.26. The zero-order valence-electron chi connectivity index (χ0n) is 2.32. The van der Waals surface area contributed by atoms with Gasteiger partial charge in [-0.1, -0.05) is 0 Å². The van der Waals surface area contributed by atoms with Crippen molar-refractivity contribution in [3.63, 3.8) is 0 Å². The molecule has 0 bridgehead atoms. The molecular formula is H2MgSSeZn. The Balaban J connectivity index is 0. The van der Waals surface area contributed by atoms with Gasteiger partial charge in [0.15, 0.2) is 0 Å². The average molecular weight is 203 g/mol. The Morgan fingerprint density at radius 1 is 1.00 bits per heavy atom. The molecule has 0 aliphatic carbocycles. The summed E-state index contributed by atoms with van der Waals surface area (Å²) in [6, 6.07) is 0. The van der Waals surface area contributed by atoms with Crippen LogP contribution < -0.4 is 0 Å². The summed E-state index contributed by atoms with van der Waals surface area (Å²) in [5.74, 6) is 0. The molecule has 0 aromatic carbocycles. The molecule has 0 aromatic rings. The third-order valence-electron chi connectivity index (χ3n) is 0. The second-order valence-corrected chi connectivity index (χ2v) is 0. The van der Waals surface area contributed by atoms with Gasteiger partial charge in [-0.05, 0) is 0 Å². The van der Waals surface area contributed by atoms with Gasteiger partial charge in [-0.25, -0.2) is 0 Å². The van der Waals surface area contributed by atoms with Crippen molar-refractivity contribution in [1.29, 1.82) is 0 Å². The van der Waals surface area contributed by atoms with Crippen molar-refractivity contribution >= 4 is 53.6 Å². The monoisotopic (exact) mass is 202 g/mol. The summed E-state index contributed by atoms with van der Waals surface area (Å²) in [6.07, 6.45) is 0. The zero-order chi connectivity index (χ0) is 0. The van der Waals surface area contributed by atoms with Crippen molar-refractivity contribution in [3.8, 4) is 0 Å². The molecular weight excluding hydrogens is 201 g/mol. The fourth-order valence-electron chi connectivity index (χ4n) is 0. The molecule has 0 saturated heterocycles. The number of hydrogen-bond acceptors (Lipinski definition) is 0. The van der Waals surface area contributed by atoms with Gasteiger partial charge >= 0.3 is 0 Å². The molecule has 4 heavy (non-hydrogen) atoms. The summed E-state index contributed by atoms with van der Waals surface area (Å²) in [4.78, 5) is 0. The van der Waals surface area contributed by atoms with Crippen LogP contribution in [-0.2, 0) is 19.5 Å². The summed E-state index contributed by atoms with van der Waals surface area (Å²) < 4.78 is 0. The average Bonchev–Trinajstić information content (AvgIpc) is 0. The Labute approximate surface area is 72.3 Å². The molecule has 0 aromatic heterocycles. The Morgan fingerprint density at radius 3 is 1.00 bits per heavy atom. The molecule has 0 amide bonds. The number of rotatable bonds is 0. The van der Waals surface area contributed by atoms with E-state index >= 15 is 0 Å². The van der Waals surface area contributed by atoms with Crippen molar-refractivity contribution in [2.24, 2.45) is 0 Å². The third kappa shape index (κ3) is 8.86. The summed E-state index contributed by atoms with van der Waals surface area (Å²) in [6.45, 7) is 0. The van der Waals surface area contributed by atoms with Gasteiger partial charge in [0.2, 0.25) is 0 Å². The van der Waals surface area contributed by atoms with Crippen LogP contribution in [0.1, 0.15) is 0 Å². The molecule has 4 heteroatoms. The Bertz CT molecular complexity index is 8.00. The molecule has 0 atom stereocenters. The topological polar surface area (TPSA) is 0 Å². The van der Waals surface area contributed by atoms with Crippen molar-refractivity contribution in [2.75, 3.05) is 0 Å². The smallest absolute Gasteiger partial charge is 0 e. The molecule has 0 nitrogen and oxygen atoms in total. The van der Waals surface area contributed by atoms with Gasteiger partial charge in [-0.15, -0.1) is 0 Å². The minimum Gasteiger partial charge on any atom is -0.197 e. The van der Waals surface area contributed by atoms with E-state index in [1.54, 1.807) is 0 Å². The van der Waals surface area contributed by atoms with Crippen LogP contribution >= 0.6 is 13.5 Å². The molecule has 0 aliphatic rings. The van der Waals surface area contributed by atoms with Gasteiger partial charge in [-0.3, -0.25) is 0 Å². The SMILES string of the molecule is S.[Mg].[Se].[Zn]. The summed E-state index contributed by atoms with van der Waals surface area (Å²) in [5, 5.41) is 0. The van der Waals surface area contributed by atoms with Crippen LogP contribution in [0.2, 0.25) is 0 Å². The summed E-state index contributed by atoms with van der Waals surface area (Å²) in [7, 11) is 0. The van der Waals surface area contributed by atoms with Crippen molar-refractivity contribution in [1.82, 2.24) is 0 Å². The van der Waals surface area contributed by atoms with Crippen molar-refractivity contribution < 1.29 is 19.5 Å². The molecule has 18 valence electrons. The van der Waals surface area contributed by atoms with Crippen LogP contribution in [0.15, 0.2) is 0 Å². The van der Waals surface area contributed by atoms with Crippen LogP contribution in [0.5, 0.6) is 0 Å². The van der Waals surface area contributed by atoms with Crippen molar-refractivity contribution in [2.45, 2.75) is 0 Å². The molecule has 0 aliphatic heterocycles. The molecule has 0 saturated carbocycles. The van der Waals surface area contributed by atoms with Crippen LogP contribution in [0.3, 0.4) is 0 Å². The van der Waals surface area contributed by atoms with E-state index in [-0.39, 0.29) is 73.1 Å². The van der Waals surface area contributed by atoms with E-state index in [4.69, 9.17) is 0 Å². The van der Waals surface area contributed by atoms with Crippen LogP contribution in [0, 0.1) is 0 Å². The van der Waals surface area contributed by atoms with Crippen LogP contribution in [0.25, 0.3) is 0 Å². The Morgan fingerprint density at radius 2 is 1.00 bits per heavy atom. The predicted molar refractivity (Wildman–Crippen MR) is 21.9 cm³/mol. The normalized spacial score (nSPS) is 0. The zero-order valence-corrected chi connectivity index (χ0v) is 9.42. The first kappa shape index (κ1) is 33.9. The van der Waals surface area contributed by atoms with Gasteiger partial charge in [0.1, 0.15) is 0 Å². The van der Waals surface area contributed by atoms with Gasteiger partial charge in [0.25, 0.3) is 0 Å². The first-order valence-electron chi connectivity index (χ1n) is 0. The van der Waals surface area contributed by atoms with E-state index in [1.165, 1.54) is 0 Å². The van der Waals surface area contributed by atoms with E-state index in [9.17, 15) is 0 Å². The Kier molecular flexibility index (Phi) is 159. The van der Waals surface area contributed by atoms with E-state index in [1.807, 2.05) is 0 Å². The second-order valence-electron chi connectivity index (χ2n) is 0. The van der Waals surface area contributed by atoms with Crippen LogP contribution in [0.4, 0.5) is 0 Å². The van der Waals surface area contributed by atoms with E-state index in [2.05, 4.69) is 0 Å². The largest absolute Gasteiger partial charge is 0.197 e. The molecule has 0 heterocycles. The molecule has 0 fully saturated rings. The fourth-order valence-corrected chi connectivity index (χ4v) is 0. The third-order valence-corrected chi connectivity index (χ3v) is 0. The molecule has 0 spiro atoms. The van der Waals surface area contributed by atoms with Gasteiger partial charge in [0, 0.05) is 59.6 Å². The van der Waals surface area contributed by atoms with Crippen molar-refractivity contribution in [3.05, 3.63) is 0 Å². The quantitative estimate of drug-likeness (QED) is 0.458. The van der Waals surface area contributed by atoms with E-state index < -0.39 is 0 Å². The summed E-state index contributed by atoms with van der Waals surface area (Å²) in [5.41, 5.74) is 0. The van der Waals surface area contributed by atoms with Gasteiger partial charge < -0.3 is 0 Å². The maximum atomic E-state index is 0. The minimum absolute atomic E-state index is 0. The fraction of sp³-hybridized carbons (Fsp3) is 0. The van der Waals surface area contributed by atoms with Gasteiger partial charge in [0.05, 0.1) is 0 Å². The molecule has 0 N–H and O–H groups in total. The molecule has 0 rings (SSSR count). The molecule has 4 radical (unpaired) electrons. The summed E-state index contributed by atoms with van der Waals surface area (Å²) >= 11 is 0. The minimum atomic E-state index is 0.